The van der Waals surface area contributed by atoms with Gasteiger partial charge in [-0.2, -0.15) is 10.1 Å². The minimum atomic E-state index is -3.14. The van der Waals surface area contributed by atoms with Crippen molar-refractivity contribution in [2.45, 2.75) is 75.9 Å². The van der Waals surface area contributed by atoms with E-state index in [0.717, 1.165) is 49.0 Å². The number of hydrogen-bond donors (Lipinski definition) is 3. The smallest absolute Gasteiger partial charge is 0.301 e. The van der Waals surface area contributed by atoms with Crippen molar-refractivity contribution in [3.63, 3.8) is 0 Å². The number of carbonyl (C=O) groups is 2. The Kier molecular flexibility index (Phi) is 8.82. The van der Waals surface area contributed by atoms with E-state index in [-0.39, 0.29) is 40.7 Å². The lowest BCUT2D eigenvalue weighted by Crippen LogP contribution is -2.60. The Labute approximate surface area is 342 Å². The third-order valence-corrected chi connectivity index (χ3v) is 13.3. The quantitative estimate of drug-likeness (QED) is 0.156. The van der Waals surface area contributed by atoms with E-state index in [1.165, 1.54) is 4.57 Å². The first-order valence-electron chi connectivity index (χ1n) is 20.2. The molecule has 10 rings (SSSR count). The molecule has 308 valence electrons. The van der Waals surface area contributed by atoms with Crippen LogP contribution < -0.4 is 35.9 Å². The van der Waals surface area contributed by atoms with Gasteiger partial charge in [0, 0.05) is 61.5 Å². The molecule has 4 unspecified atom stereocenters. The third kappa shape index (κ3) is 6.59. The highest BCUT2D eigenvalue weighted by Gasteiger charge is 2.52. The largest absolute Gasteiger partial charge is 0.490 e. The first-order valence-corrected chi connectivity index (χ1v) is 20.6. The van der Waals surface area contributed by atoms with Gasteiger partial charge >= 0.3 is 5.92 Å². The summed E-state index contributed by atoms with van der Waals surface area (Å²) in [6, 6.07) is 10.1. The summed E-state index contributed by atoms with van der Waals surface area (Å²) in [4.78, 5) is 49.1. The van der Waals surface area contributed by atoms with Gasteiger partial charge in [0.1, 0.15) is 16.9 Å². The fourth-order valence-electron chi connectivity index (χ4n) is 9.76. The summed E-state index contributed by atoms with van der Waals surface area (Å²) in [7, 11) is 3.45. The Balaban J connectivity index is 0.814. The third-order valence-electron chi connectivity index (χ3n) is 13.0. The van der Waals surface area contributed by atoms with E-state index in [2.05, 4.69) is 37.9 Å². The minimum Gasteiger partial charge on any atom is -0.490 e. The molecule has 2 amide bonds. The number of pyridine rings is 1. The Morgan fingerprint density at radius 2 is 1.83 bits per heavy atom. The molecule has 17 heteroatoms. The molecule has 6 heterocycles. The van der Waals surface area contributed by atoms with Gasteiger partial charge in [-0.15, -0.1) is 0 Å². The number of carbonyl (C=O) groups excluding carboxylic acids is 2. The van der Waals surface area contributed by atoms with Crippen molar-refractivity contribution >= 4 is 68.4 Å². The van der Waals surface area contributed by atoms with Crippen LogP contribution in [0.2, 0.25) is 5.02 Å². The summed E-state index contributed by atoms with van der Waals surface area (Å²) >= 11 is 6.62. The molecule has 0 radical (unpaired) electrons. The maximum atomic E-state index is 15.2. The summed E-state index contributed by atoms with van der Waals surface area (Å²) < 4.78 is 45.6. The standard InChI is InChI=1S/C42H44ClF2N9O5/c1-21-16-41(13-12-31(21)59-24-7-8-25-30(15-24)53(3)51-33(25)26-9-11-32(55)48-38(26)56)18-54(19-41)40-46-17-28(43)37(50-40)47-23-6-10-29-27(14-23)34-35(39(57)52(29)2)58-20-42(44,45)36(49-34)22-4-5-22/h6-8,10,14-15,17,21-22,26,31,36,49H,4-5,9,11-13,16,18-20H2,1-3H3,(H,46,47,50)(H,48,55,56). The molecule has 3 N–H and O–H groups in total. The van der Waals surface area contributed by atoms with Crippen LogP contribution in [-0.4, -0.2) is 73.9 Å². The average Bonchev–Trinajstić information content (AvgIpc) is 4.00. The van der Waals surface area contributed by atoms with Crippen LogP contribution in [0.4, 0.5) is 31.9 Å². The Morgan fingerprint density at radius 1 is 1.02 bits per heavy atom. The van der Waals surface area contributed by atoms with Crippen LogP contribution in [0, 0.1) is 17.3 Å². The van der Waals surface area contributed by atoms with Crippen LogP contribution in [0.25, 0.3) is 21.8 Å². The first-order chi connectivity index (χ1) is 28.3. The zero-order valence-electron chi connectivity index (χ0n) is 32.9. The van der Waals surface area contributed by atoms with Gasteiger partial charge < -0.3 is 29.6 Å². The molecule has 5 aromatic rings. The molecule has 59 heavy (non-hydrogen) atoms. The Morgan fingerprint density at radius 3 is 2.59 bits per heavy atom. The second kappa shape index (κ2) is 13.8. The normalized spacial score (nSPS) is 24.8. The Bertz CT molecular complexity index is 2620. The summed E-state index contributed by atoms with van der Waals surface area (Å²) in [5, 5.41) is 15.2. The van der Waals surface area contributed by atoms with E-state index in [0.29, 0.717) is 70.7 Å². The van der Waals surface area contributed by atoms with Crippen LogP contribution in [-0.2, 0) is 23.7 Å². The van der Waals surface area contributed by atoms with Gasteiger partial charge in [0.25, 0.3) is 5.56 Å². The van der Waals surface area contributed by atoms with Crippen LogP contribution >= 0.6 is 11.6 Å². The molecular formula is C42H44ClF2N9O5. The van der Waals surface area contributed by atoms with Gasteiger partial charge in [0.15, 0.2) is 12.4 Å². The van der Waals surface area contributed by atoms with Gasteiger partial charge in [-0.3, -0.25) is 24.4 Å². The number of nitrogens with one attached hydrogen (secondary N) is 3. The highest BCUT2D eigenvalue weighted by atomic mass is 35.5. The van der Waals surface area contributed by atoms with Crippen LogP contribution in [0.1, 0.15) is 63.5 Å². The highest BCUT2D eigenvalue weighted by Crippen LogP contribution is 2.49. The minimum absolute atomic E-state index is 0.0368. The number of fused-ring (bicyclic) bond motifs is 4. The first kappa shape index (κ1) is 37.7. The molecule has 3 aliphatic heterocycles. The van der Waals surface area contributed by atoms with Crippen molar-refractivity contribution in [3.05, 3.63) is 63.7 Å². The van der Waals surface area contributed by atoms with E-state index in [1.807, 2.05) is 25.2 Å². The number of rotatable bonds is 7. The highest BCUT2D eigenvalue weighted by molar-refractivity contribution is 6.33. The zero-order chi connectivity index (χ0) is 41.0. The lowest BCUT2D eigenvalue weighted by atomic mass is 9.64. The number of benzene rings is 2. The number of halogens is 3. The lowest BCUT2D eigenvalue weighted by molar-refractivity contribution is -0.134. The number of aryl methyl sites for hydroxylation is 2. The van der Waals surface area contributed by atoms with E-state index >= 15 is 8.78 Å². The number of alkyl halides is 2. The van der Waals surface area contributed by atoms with Crippen molar-refractivity contribution in [3.8, 4) is 11.5 Å². The maximum absolute atomic E-state index is 15.2. The molecule has 2 aliphatic carbocycles. The maximum Gasteiger partial charge on any atom is 0.301 e. The van der Waals surface area contributed by atoms with Crippen LogP contribution in [0.3, 0.4) is 0 Å². The van der Waals surface area contributed by atoms with Crippen molar-refractivity contribution in [2.75, 3.05) is 35.2 Å². The lowest BCUT2D eigenvalue weighted by Gasteiger charge is -2.55. The second-order valence-electron chi connectivity index (χ2n) is 17.2. The monoisotopic (exact) mass is 827 g/mol. The SMILES string of the molecule is CC1CC2(CCC1Oc1ccc3c(C4CCC(=O)NC4=O)nn(C)c3c1)CN(c1ncc(Cl)c(Nc3ccc4c(c3)c3c(c(=O)n4C)OCC(F)(F)C(C4CC4)N3)n1)C2. The zero-order valence-corrected chi connectivity index (χ0v) is 33.6. The van der Waals surface area contributed by atoms with E-state index in [9.17, 15) is 14.4 Å². The van der Waals surface area contributed by atoms with Gasteiger partial charge in [0.2, 0.25) is 23.5 Å². The average molecular weight is 828 g/mol. The predicted octanol–water partition coefficient (Wildman–Crippen LogP) is 6.42. The number of aromatic nitrogens is 5. The topological polar surface area (TPSA) is 158 Å². The molecule has 2 saturated heterocycles. The summed E-state index contributed by atoms with van der Waals surface area (Å²) in [5.41, 5.74) is 2.62. The number of anilines is 4. The van der Waals surface area contributed by atoms with E-state index < -0.39 is 30.0 Å². The molecule has 14 nitrogen and oxygen atoms in total. The van der Waals surface area contributed by atoms with Gasteiger partial charge in [-0.05, 0) is 80.7 Å². The molecule has 3 aromatic heterocycles. The Hall–Kier alpha value is -5.51. The van der Waals surface area contributed by atoms with Crippen molar-refractivity contribution in [2.24, 2.45) is 31.3 Å². The summed E-state index contributed by atoms with van der Waals surface area (Å²) in [6.07, 6.45) is 6.60. The number of imide groups is 1. The number of ether oxygens (including phenoxy) is 2. The van der Waals surface area contributed by atoms with Crippen LogP contribution in [0.5, 0.6) is 11.5 Å². The van der Waals surface area contributed by atoms with Gasteiger partial charge in [0.05, 0.1) is 40.6 Å². The van der Waals surface area contributed by atoms with E-state index in [1.54, 1.807) is 36.1 Å². The van der Waals surface area contributed by atoms with Crippen molar-refractivity contribution < 1.29 is 27.8 Å². The molecular weight excluding hydrogens is 784 g/mol. The summed E-state index contributed by atoms with van der Waals surface area (Å²) in [5.74, 6) is -2.45. The molecule has 1 spiro atoms. The molecule has 0 bridgehead atoms. The number of nitrogens with zero attached hydrogens (tertiary/aromatic N) is 6. The molecule has 5 aliphatic rings. The summed E-state index contributed by atoms with van der Waals surface area (Å²) in [6.45, 7) is 2.96. The van der Waals surface area contributed by atoms with Crippen molar-refractivity contribution in [1.82, 2.24) is 29.6 Å². The predicted molar refractivity (Wildman–Crippen MR) is 218 cm³/mol. The fraction of sp³-hybridized carbons (Fsp3) is 0.476. The molecule has 2 aromatic carbocycles. The van der Waals surface area contributed by atoms with Gasteiger partial charge in [-0.1, -0.05) is 18.5 Å². The molecule has 4 fully saturated rings. The van der Waals surface area contributed by atoms with Crippen molar-refractivity contribution in [1.29, 1.82) is 0 Å². The second-order valence-corrected chi connectivity index (χ2v) is 17.6. The van der Waals surface area contributed by atoms with Gasteiger partial charge in [-0.25, -0.2) is 13.8 Å². The number of piperidine rings is 1. The fourth-order valence-corrected chi connectivity index (χ4v) is 9.90. The molecule has 4 atom stereocenters. The molecule has 2 saturated carbocycles. The van der Waals surface area contributed by atoms with Crippen LogP contribution in [0.15, 0.2) is 47.4 Å². The number of hydrogen-bond acceptors (Lipinski definition) is 11. The number of amides is 2. The van der Waals surface area contributed by atoms with E-state index in [4.69, 9.17) is 26.1 Å².